The molecule has 1 unspecified atom stereocenters. The van der Waals surface area contributed by atoms with Crippen molar-refractivity contribution in [2.45, 2.75) is 148 Å². The molecule has 3 aliphatic rings. The van der Waals surface area contributed by atoms with Crippen LogP contribution in [0.4, 0.5) is 0 Å². The number of hydrogen-bond donors (Lipinski definition) is 2. The second-order valence-electron chi connectivity index (χ2n) is 11.9. The second-order valence-corrected chi connectivity index (χ2v) is 11.9. The second kappa shape index (κ2) is 10.6. The largest absolute Gasteiger partial charge is 0.353 e. The minimum atomic E-state index is 0.293. The highest BCUT2D eigenvalue weighted by Crippen LogP contribution is 2.36. The smallest absolute Gasteiger partial charge is 0.221 e. The Hall–Kier alpha value is -0.570. The van der Waals surface area contributed by atoms with Crippen LogP contribution in [0.5, 0.6) is 0 Å². The van der Waals surface area contributed by atoms with Crippen LogP contribution < -0.4 is 10.6 Å². The fourth-order valence-electron chi connectivity index (χ4n) is 6.46. The van der Waals surface area contributed by atoms with Crippen molar-refractivity contribution in [2.24, 2.45) is 11.3 Å². The maximum Gasteiger partial charge on any atom is 0.221 e. The van der Waals surface area contributed by atoms with Gasteiger partial charge in [-0.1, -0.05) is 65.7 Å². The molecule has 2 aliphatic carbocycles. The molecule has 0 aromatic heterocycles. The van der Waals surface area contributed by atoms with Gasteiger partial charge < -0.3 is 10.6 Å². The van der Waals surface area contributed by atoms with Crippen LogP contribution in [-0.4, -0.2) is 23.5 Å². The summed E-state index contributed by atoms with van der Waals surface area (Å²) in [4.78, 5) is 12.8. The average Bonchev–Trinajstić information content (AvgIpc) is 2.75. The van der Waals surface area contributed by atoms with Gasteiger partial charge in [0.25, 0.3) is 0 Å². The Morgan fingerprint density at radius 3 is 2.07 bits per heavy atom. The zero-order valence-corrected chi connectivity index (χ0v) is 19.7. The number of piperidine rings is 1. The number of nitrogens with one attached hydrogen (secondary N) is 2. The SMILES string of the molecule is CC(C)(C)CC1CCC(NC(=O)CC2CCCC3(CCCCCCCC3)N2)CC1. The molecular formula is C26H48N2O. The topological polar surface area (TPSA) is 41.1 Å². The lowest BCUT2D eigenvalue weighted by molar-refractivity contribution is -0.122. The first-order valence-corrected chi connectivity index (χ1v) is 12.9. The third kappa shape index (κ3) is 7.89. The van der Waals surface area contributed by atoms with Crippen molar-refractivity contribution in [1.29, 1.82) is 0 Å². The van der Waals surface area contributed by atoms with Crippen molar-refractivity contribution in [3.8, 4) is 0 Å². The summed E-state index contributed by atoms with van der Waals surface area (Å²) in [6, 6.07) is 0.808. The standard InChI is InChI=1S/C26H48N2O/c1-25(2,3)20-21-12-14-22(15-13-21)27-24(29)19-23-11-10-18-26(28-23)16-8-6-4-5-7-9-17-26/h21-23,28H,4-20H2,1-3H3,(H,27,29). The van der Waals surface area contributed by atoms with Crippen molar-refractivity contribution in [1.82, 2.24) is 10.6 Å². The van der Waals surface area contributed by atoms with E-state index in [1.807, 2.05) is 0 Å². The minimum Gasteiger partial charge on any atom is -0.353 e. The lowest BCUT2D eigenvalue weighted by atomic mass is 9.76. The van der Waals surface area contributed by atoms with Crippen molar-refractivity contribution in [2.75, 3.05) is 0 Å². The van der Waals surface area contributed by atoms with E-state index < -0.39 is 0 Å². The number of carbonyl (C=O) groups excluding carboxylic acids is 1. The van der Waals surface area contributed by atoms with E-state index in [0.717, 1.165) is 5.92 Å². The summed E-state index contributed by atoms with van der Waals surface area (Å²) in [6.07, 6.45) is 21.7. The van der Waals surface area contributed by atoms with Gasteiger partial charge in [-0.15, -0.1) is 0 Å². The molecule has 3 heteroatoms. The first-order chi connectivity index (χ1) is 13.8. The lowest BCUT2D eigenvalue weighted by Crippen LogP contribution is -2.55. The molecule has 3 nitrogen and oxygen atoms in total. The molecule has 3 fully saturated rings. The van der Waals surface area contributed by atoms with Gasteiger partial charge in [0.2, 0.25) is 5.91 Å². The third-order valence-corrected chi connectivity index (χ3v) is 7.82. The first kappa shape index (κ1) is 23.1. The molecule has 1 aliphatic heterocycles. The van der Waals surface area contributed by atoms with Gasteiger partial charge in [-0.2, -0.15) is 0 Å². The molecule has 1 amide bonds. The van der Waals surface area contributed by atoms with Gasteiger partial charge >= 0.3 is 0 Å². The summed E-state index contributed by atoms with van der Waals surface area (Å²) in [7, 11) is 0. The summed E-state index contributed by atoms with van der Waals surface area (Å²) < 4.78 is 0. The van der Waals surface area contributed by atoms with E-state index in [2.05, 4.69) is 31.4 Å². The molecule has 1 saturated heterocycles. The fraction of sp³-hybridized carbons (Fsp3) is 0.962. The van der Waals surface area contributed by atoms with Crippen LogP contribution in [0.25, 0.3) is 0 Å². The van der Waals surface area contributed by atoms with E-state index in [1.54, 1.807) is 0 Å². The van der Waals surface area contributed by atoms with Crippen molar-refractivity contribution >= 4 is 5.91 Å². The highest BCUT2D eigenvalue weighted by molar-refractivity contribution is 5.77. The normalized spacial score (nSPS) is 31.5. The first-order valence-electron chi connectivity index (χ1n) is 12.9. The van der Waals surface area contributed by atoms with Gasteiger partial charge in [0.15, 0.2) is 0 Å². The van der Waals surface area contributed by atoms with Crippen molar-refractivity contribution < 1.29 is 4.79 Å². The average molecular weight is 405 g/mol. The molecule has 29 heavy (non-hydrogen) atoms. The predicted molar refractivity (Wildman–Crippen MR) is 123 cm³/mol. The Bertz CT molecular complexity index is 491. The lowest BCUT2D eigenvalue weighted by Gasteiger charge is -2.43. The van der Waals surface area contributed by atoms with E-state index >= 15 is 0 Å². The molecule has 0 radical (unpaired) electrons. The minimum absolute atomic E-state index is 0.293. The van der Waals surface area contributed by atoms with E-state index in [4.69, 9.17) is 0 Å². The van der Waals surface area contributed by atoms with Gasteiger partial charge in [-0.3, -0.25) is 4.79 Å². The van der Waals surface area contributed by atoms with Gasteiger partial charge in [0, 0.05) is 24.0 Å². The number of rotatable bonds is 4. The summed E-state index contributed by atoms with van der Waals surface area (Å²) in [5.41, 5.74) is 0.762. The summed E-state index contributed by atoms with van der Waals surface area (Å²) in [6.45, 7) is 7.05. The van der Waals surface area contributed by atoms with Crippen LogP contribution >= 0.6 is 0 Å². The molecule has 2 N–H and O–H groups in total. The van der Waals surface area contributed by atoms with Crippen LogP contribution in [-0.2, 0) is 4.79 Å². The quantitative estimate of drug-likeness (QED) is 0.561. The van der Waals surface area contributed by atoms with Crippen LogP contribution in [0.3, 0.4) is 0 Å². The predicted octanol–water partition coefficient (Wildman–Crippen LogP) is 6.50. The molecule has 1 heterocycles. The third-order valence-electron chi connectivity index (χ3n) is 7.82. The van der Waals surface area contributed by atoms with Gasteiger partial charge in [-0.05, 0) is 69.1 Å². The highest BCUT2D eigenvalue weighted by Gasteiger charge is 2.36. The maximum absolute atomic E-state index is 12.8. The zero-order chi connectivity index (χ0) is 20.7. The van der Waals surface area contributed by atoms with Gasteiger partial charge in [-0.25, -0.2) is 0 Å². The van der Waals surface area contributed by atoms with E-state index in [0.29, 0.717) is 35.4 Å². The monoisotopic (exact) mass is 404 g/mol. The Morgan fingerprint density at radius 2 is 1.45 bits per heavy atom. The van der Waals surface area contributed by atoms with Crippen molar-refractivity contribution in [3.05, 3.63) is 0 Å². The molecule has 0 aromatic rings. The van der Waals surface area contributed by atoms with E-state index in [-0.39, 0.29) is 0 Å². The van der Waals surface area contributed by atoms with Gasteiger partial charge in [0.05, 0.1) is 0 Å². The van der Waals surface area contributed by atoms with Crippen LogP contribution in [0.1, 0.15) is 130 Å². The molecule has 2 saturated carbocycles. The number of amides is 1. The van der Waals surface area contributed by atoms with E-state index in [1.165, 1.54) is 103 Å². The van der Waals surface area contributed by atoms with Crippen LogP contribution in [0.2, 0.25) is 0 Å². The number of carbonyl (C=O) groups is 1. The molecule has 0 bridgehead atoms. The Balaban J connectivity index is 1.42. The van der Waals surface area contributed by atoms with E-state index in [9.17, 15) is 4.79 Å². The molecule has 0 aromatic carbocycles. The van der Waals surface area contributed by atoms with Gasteiger partial charge in [0.1, 0.15) is 0 Å². The number of hydrogen-bond acceptors (Lipinski definition) is 2. The Kier molecular flexibility index (Phi) is 8.48. The van der Waals surface area contributed by atoms with Crippen molar-refractivity contribution in [3.63, 3.8) is 0 Å². The Morgan fingerprint density at radius 1 is 0.862 bits per heavy atom. The molecule has 1 atom stereocenters. The summed E-state index contributed by atoms with van der Waals surface area (Å²) in [5.74, 6) is 1.15. The summed E-state index contributed by atoms with van der Waals surface area (Å²) in [5, 5.41) is 7.40. The fourth-order valence-corrected chi connectivity index (χ4v) is 6.46. The molecule has 3 rings (SSSR count). The highest BCUT2D eigenvalue weighted by atomic mass is 16.1. The van der Waals surface area contributed by atoms with Crippen LogP contribution in [0, 0.1) is 11.3 Å². The zero-order valence-electron chi connectivity index (χ0n) is 19.7. The molecule has 168 valence electrons. The van der Waals surface area contributed by atoms with Crippen LogP contribution in [0.15, 0.2) is 0 Å². The molecule has 1 spiro atoms. The Labute approximate surface area is 180 Å². The maximum atomic E-state index is 12.8. The summed E-state index contributed by atoms with van der Waals surface area (Å²) >= 11 is 0. The molecular weight excluding hydrogens is 356 g/mol.